The number of halogens is 1. The molecule has 0 amide bonds. The maximum absolute atomic E-state index is 13.0. The summed E-state index contributed by atoms with van der Waals surface area (Å²) in [6, 6.07) is 3.80. The maximum atomic E-state index is 13.0. The fraction of sp³-hybridized carbons (Fsp3) is 0.231. The van der Waals surface area contributed by atoms with E-state index in [-0.39, 0.29) is 11.6 Å². The standard InChI is InChI=1S/C13H14FN3O2/c1-8(2)17-7-10(6-15-17)16-12-4-3-9(14)5-11(12)13(18)19/h3-8,16H,1-2H3,(H,18,19). The van der Waals surface area contributed by atoms with Gasteiger partial charge in [-0.05, 0) is 32.0 Å². The molecule has 19 heavy (non-hydrogen) atoms. The first-order valence-corrected chi connectivity index (χ1v) is 5.81. The van der Waals surface area contributed by atoms with Crippen LogP contribution in [0.3, 0.4) is 0 Å². The Bertz CT molecular complexity index is 608. The highest BCUT2D eigenvalue weighted by molar-refractivity contribution is 5.95. The van der Waals surface area contributed by atoms with Gasteiger partial charge in [0.25, 0.3) is 0 Å². The van der Waals surface area contributed by atoms with E-state index in [9.17, 15) is 9.18 Å². The van der Waals surface area contributed by atoms with Crippen molar-refractivity contribution >= 4 is 17.3 Å². The van der Waals surface area contributed by atoms with E-state index in [1.807, 2.05) is 13.8 Å². The lowest BCUT2D eigenvalue weighted by molar-refractivity contribution is 0.0697. The topological polar surface area (TPSA) is 67.2 Å². The first-order chi connectivity index (χ1) is 8.97. The monoisotopic (exact) mass is 263 g/mol. The van der Waals surface area contributed by atoms with Crippen LogP contribution >= 0.6 is 0 Å². The summed E-state index contributed by atoms with van der Waals surface area (Å²) in [4.78, 5) is 11.1. The maximum Gasteiger partial charge on any atom is 0.337 e. The Balaban J connectivity index is 2.29. The summed E-state index contributed by atoms with van der Waals surface area (Å²) in [5.41, 5.74) is 0.873. The number of hydrogen-bond donors (Lipinski definition) is 2. The van der Waals surface area contributed by atoms with Crippen LogP contribution < -0.4 is 5.32 Å². The molecule has 100 valence electrons. The van der Waals surface area contributed by atoms with Crippen LogP contribution in [0.1, 0.15) is 30.2 Å². The second-order valence-corrected chi connectivity index (χ2v) is 4.42. The summed E-state index contributed by atoms with van der Waals surface area (Å²) in [6.07, 6.45) is 3.36. The van der Waals surface area contributed by atoms with Crippen LogP contribution in [-0.4, -0.2) is 20.9 Å². The Morgan fingerprint density at radius 2 is 2.21 bits per heavy atom. The van der Waals surface area contributed by atoms with Crippen molar-refractivity contribution in [3.63, 3.8) is 0 Å². The van der Waals surface area contributed by atoms with E-state index in [4.69, 9.17) is 5.11 Å². The van der Waals surface area contributed by atoms with Gasteiger partial charge in [-0.15, -0.1) is 0 Å². The molecule has 0 radical (unpaired) electrons. The van der Waals surface area contributed by atoms with Gasteiger partial charge in [0.1, 0.15) is 5.82 Å². The smallest absolute Gasteiger partial charge is 0.337 e. The van der Waals surface area contributed by atoms with Crippen LogP contribution in [0, 0.1) is 5.82 Å². The van der Waals surface area contributed by atoms with Gasteiger partial charge in [0.2, 0.25) is 0 Å². The van der Waals surface area contributed by atoms with Crippen LogP contribution in [-0.2, 0) is 0 Å². The van der Waals surface area contributed by atoms with Crippen molar-refractivity contribution in [2.75, 3.05) is 5.32 Å². The Hall–Kier alpha value is -2.37. The number of aromatic carboxylic acids is 1. The minimum atomic E-state index is -1.18. The quantitative estimate of drug-likeness (QED) is 0.889. The number of benzene rings is 1. The minimum absolute atomic E-state index is 0.114. The summed E-state index contributed by atoms with van der Waals surface area (Å²) in [6.45, 7) is 3.97. The van der Waals surface area contributed by atoms with Crippen molar-refractivity contribution in [1.82, 2.24) is 9.78 Å². The molecular formula is C13H14FN3O2. The molecule has 0 unspecified atom stereocenters. The van der Waals surface area contributed by atoms with E-state index in [0.29, 0.717) is 11.4 Å². The summed E-state index contributed by atoms with van der Waals surface area (Å²) >= 11 is 0. The summed E-state index contributed by atoms with van der Waals surface area (Å²) < 4.78 is 14.8. The Morgan fingerprint density at radius 3 is 2.79 bits per heavy atom. The van der Waals surface area contributed by atoms with Gasteiger partial charge in [-0.2, -0.15) is 5.10 Å². The highest BCUT2D eigenvalue weighted by atomic mass is 19.1. The summed E-state index contributed by atoms with van der Waals surface area (Å²) in [5, 5.41) is 16.1. The normalized spacial score (nSPS) is 10.7. The van der Waals surface area contributed by atoms with E-state index in [1.165, 1.54) is 12.1 Å². The van der Waals surface area contributed by atoms with E-state index >= 15 is 0 Å². The molecule has 2 aromatic rings. The SMILES string of the molecule is CC(C)n1cc(Nc2ccc(F)cc2C(=O)O)cn1. The Morgan fingerprint density at radius 1 is 1.47 bits per heavy atom. The van der Waals surface area contributed by atoms with E-state index in [2.05, 4.69) is 10.4 Å². The number of carbonyl (C=O) groups is 1. The molecule has 1 heterocycles. The number of carboxylic acid groups (broad SMARTS) is 1. The van der Waals surface area contributed by atoms with E-state index in [1.54, 1.807) is 17.1 Å². The Labute approximate surface area is 109 Å². The molecule has 0 atom stereocenters. The van der Waals surface area contributed by atoms with Gasteiger partial charge >= 0.3 is 5.97 Å². The molecule has 2 rings (SSSR count). The molecule has 5 nitrogen and oxygen atoms in total. The average Bonchev–Trinajstić information content (AvgIpc) is 2.80. The first-order valence-electron chi connectivity index (χ1n) is 5.81. The third kappa shape index (κ3) is 2.90. The number of carboxylic acids is 1. The van der Waals surface area contributed by atoms with Crippen LogP contribution in [0.15, 0.2) is 30.6 Å². The highest BCUT2D eigenvalue weighted by Crippen LogP contribution is 2.22. The summed E-state index contributed by atoms with van der Waals surface area (Å²) in [5.74, 6) is -1.76. The van der Waals surface area contributed by atoms with Crippen LogP contribution in [0.2, 0.25) is 0 Å². The van der Waals surface area contributed by atoms with Crippen molar-refractivity contribution < 1.29 is 14.3 Å². The van der Waals surface area contributed by atoms with Crippen molar-refractivity contribution in [3.05, 3.63) is 42.0 Å². The molecule has 0 aliphatic rings. The zero-order chi connectivity index (χ0) is 14.0. The van der Waals surface area contributed by atoms with Crippen molar-refractivity contribution in [2.24, 2.45) is 0 Å². The fourth-order valence-electron chi connectivity index (χ4n) is 1.64. The molecular weight excluding hydrogens is 249 g/mol. The van der Waals surface area contributed by atoms with Crippen molar-refractivity contribution in [1.29, 1.82) is 0 Å². The molecule has 1 aromatic heterocycles. The van der Waals surface area contributed by atoms with Crippen molar-refractivity contribution in [3.8, 4) is 0 Å². The fourth-order valence-corrected chi connectivity index (χ4v) is 1.64. The summed E-state index contributed by atoms with van der Waals surface area (Å²) in [7, 11) is 0. The molecule has 0 aliphatic heterocycles. The molecule has 0 saturated carbocycles. The van der Waals surface area contributed by atoms with Gasteiger partial charge in [0, 0.05) is 12.2 Å². The van der Waals surface area contributed by atoms with Gasteiger partial charge in [0.15, 0.2) is 0 Å². The third-order valence-corrected chi connectivity index (χ3v) is 2.62. The number of anilines is 2. The van der Waals surface area contributed by atoms with Crippen LogP contribution in [0.5, 0.6) is 0 Å². The van der Waals surface area contributed by atoms with Crippen LogP contribution in [0.25, 0.3) is 0 Å². The predicted octanol–water partition coefficient (Wildman–Crippen LogP) is 3.04. The molecule has 0 aliphatic carbocycles. The number of aromatic nitrogens is 2. The second kappa shape index (κ2) is 5.09. The predicted molar refractivity (Wildman–Crippen MR) is 69.3 cm³/mol. The van der Waals surface area contributed by atoms with Gasteiger partial charge in [0.05, 0.1) is 23.1 Å². The second-order valence-electron chi connectivity index (χ2n) is 4.42. The van der Waals surface area contributed by atoms with Gasteiger partial charge in [-0.25, -0.2) is 9.18 Å². The molecule has 0 saturated heterocycles. The highest BCUT2D eigenvalue weighted by Gasteiger charge is 2.12. The number of rotatable bonds is 4. The Kier molecular flexibility index (Phi) is 3.50. The largest absolute Gasteiger partial charge is 0.478 e. The number of hydrogen-bond acceptors (Lipinski definition) is 3. The van der Waals surface area contributed by atoms with Crippen LogP contribution in [0.4, 0.5) is 15.8 Å². The number of nitrogens with zero attached hydrogens (tertiary/aromatic N) is 2. The zero-order valence-corrected chi connectivity index (χ0v) is 10.6. The molecule has 2 N–H and O–H groups in total. The van der Waals surface area contributed by atoms with Gasteiger partial charge in [-0.1, -0.05) is 0 Å². The molecule has 0 fully saturated rings. The molecule has 1 aromatic carbocycles. The lowest BCUT2D eigenvalue weighted by atomic mass is 10.1. The average molecular weight is 263 g/mol. The first kappa shape index (κ1) is 13.1. The molecule has 0 spiro atoms. The third-order valence-electron chi connectivity index (χ3n) is 2.62. The van der Waals surface area contributed by atoms with Crippen molar-refractivity contribution in [2.45, 2.75) is 19.9 Å². The minimum Gasteiger partial charge on any atom is -0.478 e. The lowest BCUT2D eigenvalue weighted by Crippen LogP contribution is -2.03. The van der Waals surface area contributed by atoms with Gasteiger partial charge < -0.3 is 10.4 Å². The number of nitrogens with one attached hydrogen (secondary N) is 1. The lowest BCUT2D eigenvalue weighted by Gasteiger charge is -2.08. The molecule has 6 heteroatoms. The van der Waals surface area contributed by atoms with E-state index < -0.39 is 11.8 Å². The van der Waals surface area contributed by atoms with Gasteiger partial charge in [-0.3, -0.25) is 4.68 Å². The zero-order valence-electron chi connectivity index (χ0n) is 10.6. The van der Waals surface area contributed by atoms with E-state index in [0.717, 1.165) is 6.07 Å². The molecule has 0 bridgehead atoms.